The zero-order valence-electron chi connectivity index (χ0n) is 13.3. The lowest BCUT2D eigenvalue weighted by Crippen LogP contribution is -2.68. The number of aliphatic hydroxyl groups excluding tert-OH is 1. The molecule has 3 fully saturated rings. The normalized spacial score (nSPS) is 44.3. The Morgan fingerprint density at radius 2 is 2.17 bits per heavy atom. The highest BCUT2D eigenvalue weighted by molar-refractivity contribution is 5.68. The summed E-state index contributed by atoms with van der Waals surface area (Å²) in [5.74, 6) is 0.129. The molecule has 4 nitrogen and oxygen atoms in total. The summed E-state index contributed by atoms with van der Waals surface area (Å²) in [6.45, 7) is 3.75. The van der Waals surface area contributed by atoms with Gasteiger partial charge in [0.1, 0.15) is 5.72 Å². The van der Waals surface area contributed by atoms with E-state index in [2.05, 4.69) is 41.4 Å². The number of nitrogens with zero attached hydrogens (tertiary/aromatic N) is 1. The van der Waals surface area contributed by atoms with Crippen molar-refractivity contribution in [3.8, 4) is 0 Å². The Kier molecular flexibility index (Phi) is 2.49. The smallest absolute Gasteiger partial charge is 0.131 e. The van der Waals surface area contributed by atoms with Gasteiger partial charge in [-0.05, 0) is 30.5 Å². The molecule has 4 aliphatic rings. The zero-order chi connectivity index (χ0) is 15.8. The van der Waals surface area contributed by atoms with E-state index in [4.69, 9.17) is 0 Å². The van der Waals surface area contributed by atoms with Crippen molar-refractivity contribution in [3.05, 3.63) is 53.3 Å². The molecule has 4 atom stereocenters. The number of para-hydroxylation sites is 1. The third kappa shape index (κ3) is 1.32. The minimum absolute atomic E-state index is 0.0334. The molecule has 5 rings (SSSR count). The van der Waals surface area contributed by atoms with E-state index in [0.717, 1.165) is 30.8 Å². The van der Waals surface area contributed by atoms with Gasteiger partial charge in [0.25, 0.3) is 0 Å². The number of hydrogen-bond donors (Lipinski definition) is 3. The van der Waals surface area contributed by atoms with Crippen molar-refractivity contribution in [1.82, 2.24) is 4.90 Å². The first-order valence-electron chi connectivity index (χ1n) is 8.48. The van der Waals surface area contributed by atoms with Gasteiger partial charge in [-0.15, -0.1) is 0 Å². The van der Waals surface area contributed by atoms with E-state index in [1.54, 1.807) is 0 Å². The number of rotatable bonds is 0. The molecule has 0 amide bonds. The van der Waals surface area contributed by atoms with E-state index in [9.17, 15) is 10.2 Å². The molecule has 3 N–H and O–H groups in total. The van der Waals surface area contributed by atoms with Gasteiger partial charge in [-0.25, -0.2) is 0 Å². The Hall–Kier alpha value is -1.78. The Morgan fingerprint density at radius 1 is 1.35 bits per heavy atom. The minimum Gasteiger partial charge on any atom is -0.516 e. The van der Waals surface area contributed by atoms with Crippen molar-refractivity contribution in [1.29, 1.82) is 0 Å². The molecular weight excluding hydrogens is 288 g/mol. The number of anilines is 1. The van der Waals surface area contributed by atoms with Crippen LogP contribution in [-0.4, -0.2) is 40.0 Å². The lowest BCUT2D eigenvalue weighted by Gasteiger charge is -2.57. The molecular formula is C19H22N2O2. The Labute approximate surface area is 136 Å². The molecule has 2 saturated heterocycles. The fourth-order valence-corrected chi connectivity index (χ4v) is 5.76. The highest BCUT2D eigenvalue weighted by Crippen LogP contribution is 2.64. The van der Waals surface area contributed by atoms with Gasteiger partial charge < -0.3 is 15.5 Å². The fourth-order valence-electron chi connectivity index (χ4n) is 5.76. The zero-order valence-corrected chi connectivity index (χ0v) is 13.3. The van der Waals surface area contributed by atoms with Gasteiger partial charge in [0.15, 0.2) is 0 Å². The SMILES string of the molecule is C/C=C1/CN2CC[C@]34c5ccccc5N[C@H]3/C(=C/O)[C@H]1C[C@]24O. The monoisotopic (exact) mass is 310 g/mol. The Morgan fingerprint density at radius 3 is 2.96 bits per heavy atom. The molecule has 0 radical (unpaired) electrons. The molecule has 1 aliphatic carbocycles. The van der Waals surface area contributed by atoms with E-state index in [0.29, 0.717) is 6.42 Å². The maximum absolute atomic E-state index is 11.8. The summed E-state index contributed by atoms with van der Waals surface area (Å²) in [5, 5.41) is 25.4. The fraction of sp³-hybridized carbons (Fsp3) is 0.474. The summed E-state index contributed by atoms with van der Waals surface area (Å²) in [6, 6.07) is 8.28. The second-order valence-corrected chi connectivity index (χ2v) is 7.33. The van der Waals surface area contributed by atoms with Crippen molar-refractivity contribution in [2.24, 2.45) is 5.92 Å². The van der Waals surface area contributed by atoms with Gasteiger partial charge in [-0.1, -0.05) is 29.8 Å². The molecule has 0 unspecified atom stereocenters. The summed E-state index contributed by atoms with van der Waals surface area (Å²) in [4.78, 5) is 2.25. The van der Waals surface area contributed by atoms with Crippen molar-refractivity contribution < 1.29 is 10.2 Å². The molecule has 2 bridgehead atoms. The van der Waals surface area contributed by atoms with Crippen LogP contribution in [0.5, 0.6) is 0 Å². The van der Waals surface area contributed by atoms with Crippen molar-refractivity contribution >= 4 is 5.69 Å². The largest absolute Gasteiger partial charge is 0.516 e. The summed E-state index contributed by atoms with van der Waals surface area (Å²) in [5.41, 5.74) is 3.46. The van der Waals surface area contributed by atoms with Crippen molar-refractivity contribution in [2.75, 3.05) is 18.4 Å². The predicted octanol–water partition coefficient (Wildman–Crippen LogP) is 2.53. The molecule has 3 aliphatic heterocycles. The Bertz CT molecular complexity index is 755. The van der Waals surface area contributed by atoms with E-state index in [1.807, 2.05) is 6.07 Å². The maximum Gasteiger partial charge on any atom is 0.131 e. The third-order valence-corrected chi connectivity index (χ3v) is 6.78. The van der Waals surface area contributed by atoms with Crippen LogP contribution in [0.4, 0.5) is 5.69 Å². The van der Waals surface area contributed by atoms with Crippen LogP contribution in [-0.2, 0) is 5.41 Å². The van der Waals surface area contributed by atoms with Crippen molar-refractivity contribution in [3.63, 3.8) is 0 Å². The quantitative estimate of drug-likeness (QED) is 0.509. The van der Waals surface area contributed by atoms with Crippen LogP contribution in [0, 0.1) is 5.92 Å². The first kappa shape index (κ1) is 13.6. The van der Waals surface area contributed by atoms with Crippen molar-refractivity contribution in [2.45, 2.75) is 36.9 Å². The standard InChI is InChI=1S/C19H22N2O2/c1-2-12-10-21-8-7-18-15-5-3-4-6-16(15)20-17(18)14(11-22)13(12)9-19(18,21)23/h2-6,11,13,17,20,22-23H,7-10H2,1H3/b12-2-,14-11+/t13-,17-,18-,19+/m0/s1. The molecule has 1 aromatic carbocycles. The number of aliphatic hydroxyl groups is 2. The van der Waals surface area contributed by atoms with E-state index in [1.165, 1.54) is 17.4 Å². The molecule has 1 spiro atoms. The van der Waals surface area contributed by atoms with Crippen LogP contribution < -0.4 is 5.32 Å². The maximum atomic E-state index is 11.8. The van der Waals surface area contributed by atoms with Crippen LogP contribution in [0.25, 0.3) is 0 Å². The summed E-state index contributed by atoms with van der Waals surface area (Å²) >= 11 is 0. The average Bonchev–Trinajstić information content (AvgIpc) is 3.07. The summed E-state index contributed by atoms with van der Waals surface area (Å²) in [7, 11) is 0. The molecule has 120 valence electrons. The molecule has 23 heavy (non-hydrogen) atoms. The van der Waals surface area contributed by atoms with Crippen LogP contribution in [0.1, 0.15) is 25.3 Å². The van der Waals surface area contributed by atoms with Crippen LogP contribution in [0.2, 0.25) is 0 Å². The summed E-state index contributed by atoms with van der Waals surface area (Å²) in [6.07, 6.45) is 5.04. The van der Waals surface area contributed by atoms with Gasteiger partial charge in [0.2, 0.25) is 0 Å². The molecule has 0 aromatic heterocycles. The average molecular weight is 310 g/mol. The topological polar surface area (TPSA) is 55.7 Å². The lowest BCUT2D eigenvalue weighted by molar-refractivity contribution is -0.156. The number of piperidine rings is 1. The van der Waals surface area contributed by atoms with Gasteiger partial charge >= 0.3 is 0 Å². The summed E-state index contributed by atoms with van der Waals surface area (Å²) < 4.78 is 0. The highest BCUT2D eigenvalue weighted by Gasteiger charge is 2.71. The highest BCUT2D eigenvalue weighted by atomic mass is 16.3. The molecule has 1 aromatic rings. The van der Waals surface area contributed by atoms with Gasteiger partial charge in [-0.3, -0.25) is 4.90 Å². The van der Waals surface area contributed by atoms with E-state index < -0.39 is 5.72 Å². The first-order chi connectivity index (χ1) is 11.2. The minimum atomic E-state index is -0.832. The molecule has 1 saturated carbocycles. The molecule has 3 heterocycles. The Balaban J connectivity index is 1.80. The number of benzene rings is 1. The lowest BCUT2D eigenvalue weighted by atomic mass is 9.56. The van der Waals surface area contributed by atoms with Gasteiger partial charge in [0.05, 0.1) is 17.7 Å². The van der Waals surface area contributed by atoms with E-state index in [-0.39, 0.29) is 17.4 Å². The molecule has 4 heteroatoms. The number of nitrogens with one attached hydrogen (secondary N) is 1. The van der Waals surface area contributed by atoms with Crippen LogP contribution >= 0.6 is 0 Å². The third-order valence-electron chi connectivity index (χ3n) is 6.78. The second-order valence-electron chi connectivity index (χ2n) is 7.33. The first-order valence-corrected chi connectivity index (χ1v) is 8.48. The number of fused-ring (bicyclic) bond motifs is 2. The number of hydrogen-bond acceptors (Lipinski definition) is 4. The second kappa shape index (κ2) is 4.19. The van der Waals surface area contributed by atoms with Crippen LogP contribution in [0.3, 0.4) is 0 Å². The predicted molar refractivity (Wildman–Crippen MR) is 89.2 cm³/mol. The van der Waals surface area contributed by atoms with E-state index >= 15 is 0 Å². The van der Waals surface area contributed by atoms with Gasteiger partial charge in [0, 0.05) is 31.1 Å². The van der Waals surface area contributed by atoms with Gasteiger partial charge in [-0.2, -0.15) is 0 Å². The van der Waals surface area contributed by atoms with Crippen LogP contribution in [0.15, 0.2) is 47.7 Å². The number of allylic oxidation sites excluding steroid dienone is 1.